The maximum Gasteiger partial charge on any atom is 0.0110 e. The van der Waals surface area contributed by atoms with Gasteiger partial charge >= 0.3 is 0 Å². The van der Waals surface area contributed by atoms with Gasteiger partial charge in [0.2, 0.25) is 0 Å². The number of allylic oxidation sites excluding steroid dienone is 2. The van der Waals surface area contributed by atoms with Crippen LogP contribution in [0.15, 0.2) is 24.3 Å². The van der Waals surface area contributed by atoms with Crippen molar-refractivity contribution in [1.29, 1.82) is 0 Å². The van der Waals surface area contributed by atoms with Gasteiger partial charge in [0.25, 0.3) is 0 Å². The van der Waals surface area contributed by atoms with Crippen LogP contribution in [0.1, 0.15) is 6.92 Å². The third kappa shape index (κ3) is 5.44. The lowest BCUT2D eigenvalue weighted by atomic mass is 10.3. The molecule has 0 aliphatic heterocycles. The fourth-order valence-corrected chi connectivity index (χ4v) is 0.269. The Kier molecular flexibility index (Phi) is 3.33. The number of nitrogens with two attached hydrogens (primary N) is 1. The van der Waals surface area contributed by atoms with Crippen molar-refractivity contribution in [2.45, 2.75) is 6.92 Å². The normalized spacial score (nSPS) is 10.0. The minimum Gasteiger partial charge on any atom is -0.327 e. The molecule has 40 valence electrons. The lowest BCUT2D eigenvalue weighted by Crippen LogP contribution is -1.91. The number of hydrogen-bond acceptors (Lipinski definition) is 1. The molecule has 7 heavy (non-hydrogen) atoms. The molecule has 0 amide bonds. The van der Waals surface area contributed by atoms with Crippen LogP contribution in [-0.4, -0.2) is 6.54 Å². The van der Waals surface area contributed by atoms with Gasteiger partial charge in [-0.1, -0.05) is 24.3 Å². The predicted octanol–water partition coefficient (Wildman–Crippen LogP) is 1.08. The Morgan fingerprint density at radius 2 is 2.43 bits per heavy atom. The van der Waals surface area contributed by atoms with Crippen LogP contribution in [0.5, 0.6) is 0 Å². The van der Waals surface area contributed by atoms with Crippen molar-refractivity contribution in [2.75, 3.05) is 6.54 Å². The van der Waals surface area contributed by atoms with Crippen LogP contribution in [0.4, 0.5) is 0 Å². The van der Waals surface area contributed by atoms with E-state index in [2.05, 4.69) is 6.58 Å². The van der Waals surface area contributed by atoms with Crippen LogP contribution in [0, 0.1) is 0 Å². The third-order valence-corrected chi connectivity index (χ3v) is 0.538. The molecular weight excluding hydrogens is 86.1 g/mol. The van der Waals surface area contributed by atoms with Crippen LogP contribution >= 0.6 is 0 Å². The van der Waals surface area contributed by atoms with Crippen molar-refractivity contribution in [3.05, 3.63) is 24.3 Å². The zero-order chi connectivity index (χ0) is 5.70. The van der Waals surface area contributed by atoms with E-state index in [0.29, 0.717) is 6.54 Å². The van der Waals surface area contributed by atoms with Gasteiger partial charge in [-0.2, -0.15) is 0 Å². The SMILES string of the molecule is C=C(C)/C=C\CN. The Labute approximate surface area is 44.5 Å². The van der Waals surface area contributed by atoms with E-state index in [0.717, 1.165) is 5.57 Å². The fourth-order valence-electron chi connectivity index (χ4n) is 0.269. The van der Waals surface area contributed by atoms with Gasteiger partial charge in [-0.15, -0.1) is 0 Å². The van der Waals surface area contributed by atoms with Gasteiger partial charge < -0.3 is 5.73 Å². The maximum absolute atomic E-state index is 5.15. The Balaban J connectivity index is 3.26. The highest BCUT2D eigenvalue weighted by atomic mass is 14.5. The first kappa shape index (κ1) is 6.44. The molecule has 0 atom stereocenters. The Bertz CT molecular complexity index is 82.2. The number of hydrogen-bond donors (Lipinski definition) is 1. The van der Waals surface area contributed by atoms with Gasteiger partial charge in [0.1, 0.15) is 0 Å². The molecule has 0 saturated carbocycles. The molecule has 0 bridgehead atoms. The van der Waals surface area contributed by atoms with Crippen molar-refractivity contribution in [1.82, 2.24) is 0 Å². The van der Waals surface area contributed by atoms with E-state index in [-0.39, 0.29) is 0 Å². The van der Waals surface area contributed by atoms with Crippen LogP contribution in [0.25, 0.3) is 0 Å². The summed E-state index contributed by atoms with van der Waals surface area (Å²) >= 11 is 0. The average molecular weight is 97.2 g/mol. The summed E-state index contributed by atoms with van der Waals surface area (Å²) in [6, 6.07) is 0. The highest BCUT2D eigenvalue weighted by Crippen LogP contribution is 1.85. The van der Waals surface area contributed by atoms with Gasteiger partial charge in [0, 0.05) is 6.54 Å². The summed E-state index contributed by atoms with van der Waals surface area (Å²) in [4.78, 5) is 0. The molecule has 0 aliphatic rings. The summed E-state index contributed by atoms with van der Waals surface area (Å²) in [6.45, 7) is 6.19. The second-order valence-corrected chi connectivity index (χ2v) is 1.48. The monoisotopic (exact) mass is 97.1 g/mol. The molecule has 0 heterocycles. The van der Waals surface area contributed by atoms with Gasteiger partial charge in [-0.25, -0.2) is 0 Å². The summed E-state index contributed by atoms with van der Waals surface area (Å²) in [7, 11) is 0. The van der Waals surface area contributed by atoms with Crippen LogP contribution in [-0.2, 0) is 0 Å². The van der Waals surface area contributed by atoms with Crippen LogP contribution < -0.4 is 5.73 Å². The Morgan fingerprint density at radius 3 is 2.57 bits per heavy atom. The van der Waals surface area contributed by atoms with Crippen LogP contribution in [0.3, 0.4) is 0 Å². The molecule has 0 aliphatic carbocycles. The molecular formula is C6H11N. The van der Waals surface area contributed by atoms with Crippen molar-refractivity contribution in [3.8, 4) is 0 Å². The Hall–Kier alpha value is -0.560. The van der Waals surface area contributed by atoms with E-state index in [9.17, 15) is 0 Å². The van der Waals surface area contributed by atoms with E-state index < -0.39 is 0 Å². The molecule has 0 radical (unpaired) electrons. The summed E-state index contributed by atoms with van der Waals surface area (Å²) in [5.41, 5.74) is 6.20. The molecule has 0 fully saturated rings. The first-order valence-corrected chi connectivity index (χ1v) is 2.29. The molecule has 2 N–H and O–H groups in total. The molecule has 0 spiro atoms. The fraction of sp³-hybridized carbons (Fsp3) is 0.333. The first-order chi connectivity index (χ1) is 3.27. The van der Waals surface area contributed by atoms with E-state index >= 15 is 0 Å². The Morgan fingerprint density at radius 1 is 1.86 bits per heavy atom. The largest absolute Gasteiger partial charge is 0.327 e. The quantitative estimate of drug-likeness (QED) is 0.512. The predicted molar refractivity (Wildman–Crippen MR) is 33.0 cm³/mol. The molecule has 0 aromatic carbocycles. The van der Waals surface area contributed by atoms with Crippen molar-refractivity contribution < 1.29 is 0 Å². The summed E-state index contributed by atoms with van der Waals surface area (Å²) in [5.74, 6) is 0. The maximum atomic E-state index is 5.15. The summed E-state index contributed by atoms with van der Waals surface area (Å²) < 4.78 is 0. The van der Waals surface area contributed by atoms with E-state index in [1.165, 1.54) is 0 Å². The van der Waals surface area contributed by atoms with E-state index in [1.807, 2.05) is 19.1 Å². The molecule has 0 aromatic heterocycles. The summed E-state index contributed by atoms with van der Waals surface area (Å²) in [6.07, 6.45) is 3.78. The second-order valence-electron chi connectivity index (χ2n) is 1.48. The smallest absolute Gasteiger partial charge is 0.0110 e. The topological polar surface area (TPSA) is 26.0 Å². The van der Waals surface area contributed by atoms with Crippen molar-refractivity contribution in [2.24, 2.45) is 5.73 Å². The van der Waals surface area contributed by atoms with Crippen molar-refractivity contribution >= 4 is 0 Å². The molecule has 1 nitrogen and oxygen atoms in total. The minimum atomic E-state index is 0.604. The lowest BCUT2D eigenvalue weighted by Gasteiger charge is -1.80. The lowest BCUT2D eigenvalue weighted by molar-refractivity contribution is 1.25. The molecule has 0 saturated heterocycles. The van der Waals surface area contributed by atoms with Crippen molar-refractivity contribution in [3.63, 3.8) is 0 Å². The van der Waals surface area contributed by atoms with Gasteiger partial charge in [0.05, 0.1) is 0 Å². The second kappa shape index (κ2) is 3.62. The zero-order valence-corrected chi connectivity index (χ0v) is 4.65. The van der Waals surface area contributed by atoms with E-state index in [4.69, 9.17) is 5.73 Å². The van der Waals surface area contributed by atoms with Gasteiger partial charge in [0.15, 0.2) is 0 Å². The standard InChI is InChI=1S/C6H11N/c1-6(2)4-3-5-7/h3-4H,1,5,7H2,2H3/b4-3-. The minimum absolute atomic E-state index is 0.604. The van der Waals surface area contributed by atoms with Gasteiger partial charge in [-0.3, -0.25) is 0 Å². The molecule has 0 unspecified atom stereocenters. The van der Waals surface area contributed by atoms with Crippen LogP contribution in [0.2, 0.25) is 0 Å². The molecule has 0 rings (SSSR count). The highest BCUT2D eigenvalue weighted by molar-refractivity contribution is 5.10. The zero-order valence-electron chi connectivity index (χ0n) is 4.65. The molecule has 0 aromatic rings. The summed E-state index contributed by atoms with van der Waals surface area (Å²) in [5, 5.41) is 0. The van der Waals surface area contributed by atoms with E-state index in [1.54, 1.807) is 0 Å². The molecule has 1 heteroatoms. The first-order valence-electron chi connectivity index (χ1n) is 2.29. The highest BCUT2D eigenvalue weighted by Gasteiger charge is 1.67. The number of rotatable bonds is 2. The third-order valence-electron chi connectivity index (χ3n) is 0.538. The van der Waals surface area contributed by atoms with Gasteiger partial charge in [-0.05, 0) is 6.92 Å². The average Bonchev–Trinajstić information content (AvgIpc) is 1.61.